The van der Waals surface area contributed by atoms with Gasteiger partial charge < -0.3 is 5.32 Å². The van der Waals surface area contributed by atoms with Crippen LogP contribution in [0.3, 0.4) is 0 Å². The van der Waals surface area contributed by atoms with E-state index in [1.165, 1.54) is 12.4 Å². The highest BCUT2D eigenvalue weighted by Gasteiger charge is 2.42. The molecule has 2 rings (SSSR count). The fourth-order valence-corrected chi connectivity index (χ4v) is 1.91. The van der Waals surface area contributed by atoms with E-state index in [0.29, 0.717) is 11.5 Å². The molecule has 5 nitrogen and oxygen atoms in total. The first-order valence-corrected chi connectivity index (χ1v) is 6.42. The number of aromatic nitrogens is 2. The van der Waals surface area contributed by atoms with Crippen molar-refractivity contribution in [1.29, 1.82) is 0 Å². The maximum absolute atomic E-state index is 13.0. The molecule has 2 N–H and O–H groups in total. The first kappa shape index (κ1) is 14.8. The van der Waals surface area contributed by atoms with Gasteiger partial charge in [0, 0.05) is 11.8 Å². The Morgan fingerprint density at radius 3 is 2.45 bits per heavy atom. The van der Waals surface area contributed by atoms with E-state index in [0.717, 1.165) is 0 Å². The number of nitrogens with one attached hydrogen (secondary N) is 2. The monoisotopic (exact) mass is 284 g/mol. The normalized spacial score (nSPS) is 21.8. The molecule has 0 saturated carbocycles. The number of rotatable bonds is 2. The Bertz CT molecular complexity index is 496. The summed E-state index contributed by atoms with van der Waals surface area (Å²) in [7, 11) is 0. The molecule has 0 aromatic carbocycles. The fourth-order valence-electron chi connectivity index (χ4n) is 1.91. The second kappa shape index (κ2) is 5.05. The third-order valence-electron chi connectivity index (χ3n) is 3.02. The summed E-state index contributed by atoms with van der Waals surface area (Å²) in [6.45, 7) is 5.46. The van der Waals surface area contributed by atoms with E-state index in [-0.39, 0.29) is 5.41 Å². The highest BCUT2D eigenvalue weighted by Crippen LogP contribution is 2.25. The minimum atomic E-state index is -2.82. The molecule has 0 radical (unpaired) electrons. The van der Waals surface area contributed by atoms with Crippen LogP contribution in [-0.4, -0.2) is 34.4 Å². The van der Waals surface area contributed by atoms with Crippen molar-refractivity contribution in [2.45, 2.75) is 44.6 Å². The smallest absolute Gasteiger partial charge is 0.262 e. The zero-order chi connectivity index (χ0) is 15.0. The molecule has 1 saturated heterocycles. The van der Waals surface area contributed by atoms with Gasteiger partial charge in [-0.2, -0.15) is 0 Å². The largest absolute Gasteiger partial charge is 0.322 e. The van der Waals surface area contributed by atoms with Gasteiger partial charge in [0.2, 0.25) is 5.91 Å². The van der Waals surface area contributed by atoms with Gasteiger partial charge >= 0.3 is 0 Å². The van der Waals surface area contributed by atoms with Crippen LogP contribution in [0, 0.1) is 0 Å². The standard InChI is InChI=1S/C13H18F2N4O/c1-12(2,3)11-16-5-8(6-17-11)19-10(20)9-4-13(14,15)7-18-9/h5-6,9,18H,4,7H2,1-3H3,(H,19,20). The summed E-state index contributed by atoms with van der Waals surface area (Å²) in [4.78, 5) is 20.1. The van der Waals surface area contributed by atoms with Crippen LogP contribution in [0.1, 0.15) is 33.0 Å². The zero-order valence-corrected chi connectivity index (χ0v) is 11.7. The number of nitrogens with zero attached hydrogens (tertiary/aromatic N) is 2. The van der Waals surface area contributed by atoms with Crippen molar-refractivity contribution in [1.82, 2.24) is 15.3 Å². The van der Waals surface area contributed by atoms with E-state index in [1.807, 2.05) is 20.8 Å². The molecule has 1 aliphatic rings. The fraction of sp³-hybridized carbons (Fsp3) is 0.615. The van der Waals surface area contributed by atoms with Crippen LogP contribution in [0.5, 0.6) is 0 Å². The van der Waals surface area contributed by atoms with E-state index in [9.17, 15) is 13.6 Å². The van der Waals surface area contributed by atoms with Gasteiger partial charge in [-0.25, -0.2) is 18.7 Å². The number of alkyl halides is 2. The van der Waals surface area contributed by atoms with Crippen LogP contribution in [0.4, 0.5) is 14.5 Å². The van der Waals surface area contributed by atoms with Crippen LogP contribution >= 0.6 is 0 Å². The summed E-state index contributed by atoms with van der Waals surface area (Å²) in [6.07, 6.45) is 2.48. The number of carbonyl (C=O) groups excluding carboxylic acids is 1. The van der Waals surface area contributed by atoms with E-state index < -0.39 is 30.8 Å². The molecule has 2 heterocycles. The lowest BCUT2D eigenvalue weighted by molar-refractivity contribution is -0.118. The quantitative estimate of drug-likeness (QED) is 0.867. The van der Waals surface area contributed by atoms with Gasteiger partial charge in [0.05, 0.1) is 30.7 Å². The molecule has 20 heavy (non-hydrogen) atoms. The van der Waals surface area contributed by atoms with E-state index in [2.05, 4.69) is 20.6 Å². The van der Waals surface area contributed by atoms with Crippen LogP contribution in [0.15, 0.2) is 12.4 Å². The Morgan fingerprint density at radius 2 is 2.00 bits per heavy atom. The van der Waals surface area contributed by atoms with Crippen LogP contribution in [-0.2, 0) is 10.2 Å². The number of carbonyl (C=O) groups is 1. The van der Waals surface area contributed by atoms with Crippen LogP contribution in [0.2, 0.25) is 0 Å². The number of hydrogen-bond acceptors (Lipinski definition) is 4. The van der Waals surface area contributed by atoms with Crippen molar-refractivity contribution in [2.75, 3.05) is 11.9 Å². The lowest BCUT2D eigenvalue weighted by atomic mass is 9.96. The van der Waals surface area contributed by atoms with Crippen LogP contribution < -0.4 is 10.6 Å². The average Bonchev–Trinajstić information content (AvgIpc) is 2.69. The van der Waals surface area contributed by atoms with Crippen molar-refractivity contribution in [2.24, 2.45) is 0 Å². The predicted molar refractivity (Wildman–Crippen MR) is 70.7 cm³/mol. The molecule has 0 spiro atoms. The Labute approximate surface area is 116 Å². The highest BCUT2D eigenvalue weighted by atomic mass is 19.3. The molecule has 1 amide bonds. The minimum absolute atomic E-state index is 0.183. The Morgan fingerprint density at radius 1 is 1.40 bits per heavy atom. The Hall–Kier alpha value is -1.63. The van der Waals surface area contributed by atoms with Crippen LogP contribution in [0.25, 0.3) is 0 Å². The molecular formula is C13H18F2N4O. The Kier molecular flexibility index (Phi) is 3.73. The molecule has 1 aromatic rings. The molecule has 7 heteroatoms. The van der Waals surface area contributed by atoms with E-state index in [1.54, 1.807) is 0 Å². The average molecular weight is 284 g/mol. The number of amides is 1. The first-order chi connectivity index (χ1) is 9.17. The molecule has 0 aliphatic carbocycles. The second-order valence-corrected chi connectivity index (χ2v) is 6.03. The summed E-state index contributed by atoms with van der Waals surface area (Å²) in [5.41, 5.74) is 0.220. The highest BCUT2D eigenvalue weighted by molar-refractivity contribution is 5.94. The third-order valence-corrected chi connectivity index (χ3v) is 3.02. The van der Waals surface area contributed by atoms with E-state index in [4.69, 9.17) is 0 Å². The maximum atomic E-state index is 13.0. The van der Waals surface area contributed by atoms with Crippen molar-refractivity contribution < 1.29 is 13.6 Å². The van der Waals surface area contributed by atoms with Gasteiger partial charge in [-0.3, -0.25) is 10.1 Å². The van der Waals surface area contributed by atoms with Crippen molar-refractivity contribution >= 4 is 11.6 Å². The van der Waals surface area contributed by atoms with Gasteiger partial charge in [-0.15, -0.1) is 0 Å². The second-order valence-electron chi connectivity index (χ2n) is 6.03. The van der Waals surface area contributed by atoms with Crippen molar-refractivity contribution in [3.8, 4) is 0 Å². The molecule has 1 aromatic heterocycles. The molecular weight excluding hydrogens is 266 g/mol. The number of hydrogen-bond donors (Lipinski definition) is 2. The number of halogens is 2. The predicted octanol–water partition coefficient (Wildman–Crippen LogP) is 1.71. The summed E-state index contributed by atoms with van der Waals surface area (Å²) >= 11 is 0. The summed E-state index contributed by atoms with van der Waals surface area (Å²) in [5.74, 6) is -2.66. The van der Waals surface area contributed by atoms with Crippen molar-refractivity contribution in [3.63, 3.8) is 0 Å². The topological polar surface area (TPSA) is 66.9 Å². The summed E-state index contributed by atoms with van der Waals surface area (Å²) < 4.78 is 26.0. The summed E-state index contributed by atoms with van der Waals surface area (Å²) in [6, 6.07) is -0.882. The molecule has 1 aliphatic heterocycles. The SMILES string of the molecule is CC(C)(C)c1ncc(NC(=O)C2CC(F)(F)CN2)cn1. The maximum Gasteiger partial charge on any atom is 0.262 e. The van der Waals surface area contributed by atoms with Gasteiger partial charge in [-0.05, 0) is 0 Å². The Balaban J connectivity index is 1.99. The zero-order valence-electron chi connectivity index (χ0n) is 11.7. The molecule has 1 unspecified atom stereocenters. The molecule has 110 valence electrons. The molecule has 1 atom stereocenters. The lowest BCUT2D eigenvalue weighted by Gasteiger charge is -2.16. The van der Waals surface area contributed by atoms with Gasteiger partial charge in [0.25, 0.3) is 5.92 Å². The molecule has 1 fully saturated rings. The molecule has 0 bridgehead atoms. The van der Waals surface area contributed by atoms with Gasteiger partial charge in [0.1, 0.15) is 5.82 Å². The van der Waals surface area contributed by atoms with Crippen molar-refractivity contribution in [3.05, 3.63) is 18.2 Å². The van der Waals surface area contributed by atoms with Gasteiger partial charge in [0.15, 0.2) is 0 Å². The third kappa shape index (κ3) is 3.47. The first-order valence-electron chi connectivity index (χ1n) is 6.42. The van der Waals surface area contributed by atoms with E-state index >= 15 is 0 Å². The summed E-state index contributed by atoms with van der Waals surface area (Å²) in [5, 5.41) is 5.04. The minimum Gasteiger partial charge on any atom is -0.322 e. The lowest BCUT2D eigenvalue weighted by Crippen LogP contribution is -2.35. The number of anilines is 1. The van der Waals surface area contributed by atoms with Gasteiger partial charge in [-0.1, -0.05) is 20.8 Å².